The molecule has 0 spiro atoms. The monoisotopic (exact) mass is 420 g/mol. The number of aromatic nitrogens is 2. The summed E-state index contributed by atoms with van der Waals surface area (Å²) in [5, 5.41) is 3.34. The molecule has 0 amide bonds. The first-order chi connectivity index (χ1) is 10.3. The maximum Gasteiger partial charge on any atom is 0.225 e. The highest BCUT2D eigenvalue weighted by Crippen LogP contribution is 2.09. The third-order valence-electron chi connectivity index (χ3n) is 3.31. The number of nitrogens with zero attached hydrogens (tertiary/aromatic N) is 5. The van der Waals surface area contributed by atoms with Crippen molar-refractivity contribution in [1.82, 2.24) is 20.2 Å². The highest BCUT2D eigenvalue weighted by Gasteiger charge is 2.20. The Morgan fingerprint density at radius 1 is 1.27 bits per heavy atom. The zero-order valence-corrected chi connectivity index (χ0v) is 15.6. The van der Waals surface area contributed by atoms with Crippen molar-refractivity contribution in [3.63, 3.8) is 0 Å². The number of rotatable bonds is 5. The van der Waals surface area contributed by atoms with Gasteiger partial charge < -0.3 is 19.9 Å². The van der Waals surface area contributed by atoms with E-state index in [2.05, 4.69) is 37.0 Å². The quantitative estimate of drug-likeness (QED) is 0.330. The SMILES string of the molecule is CCNC(=NCCOC)N1CCN(c2ncccn2)CC1.I. The number of nitrogens with one attached hydrogen (secondary N) is 1. The Labute approximate surface area is 149 Å². The van der Waals surface area contributed by atoms with Crippen LogP contribution in [0.4, 0.5) is 5.95 Å². The largest absolute Gasteiger partial charge is 0.383 e. The lowest BCUT2D eigenvalue weighted by Gasteiger charge is -2.36. The Balaban J connectivity index is 0.00000242. The van der Waals surface area contributed by atoms with Gasteiger partial charge in [-0.15, -0.1) is 24.0 Å². The molecule has 1 aromatic heterocycles. The van der Waals surface area contributed by atoms with Crippen LogP contribution < -0.4 is 10.2 Å². The maximum atomic E-state index is 5.05. The molecule has 0 bridgehead atoms. The fourth-order valence-corrected chi connectivity index (χ4v) is 2.24. The van der Waals surface area contributed by atoms with E-state index in [1.807, 2.05) is 6.07 Å². The van der Waals surface area contributed by atoms with Gasteiger partial charge in [-0.1, -0.05) is 0 Å². The number of aliphatic imine (C=N–C) groups is 1. The van der Waals surface area contributed by atoms with Crippen molar-refractivity contribution in [1.29, 1.82) is 0 Å². The molecule has 0 aliphatic carbocycles. The smallest absolute Gasteiger partial charge is 0.225 e. The zero-order valence-electron chi connectivity index (χ0n) is 13.2. The van der Waals surface area contributed by atoms with Gasteiger partial charge >= 0.3 is 0 Å². The first kappa shape index (κ1) is 18.9. The van der Waals surface area contributed by atoms with E-state index in [1.54, 1.807) is 19.5 Å². The minimum atomic E-state index is 0. The van der Waals surface area contributed by atoms with Gasteiger partial charge in [0.15, 0.2) is 5.96 Å². The second-order valence-corrected chi connectivity index (χ2v) is 4.75. The summed E-state index contributed by atoms with van der Waals surface area (Å²) < 4.78 is 5.05. The molecule has 8 heteroatoms. The third kappa shape index (κ3) is 5.56. The van der Waals surface area contributed by atoms with Gasteiger partial charge in [0.1, 0.15) is 0 Å². The fraction of sp³-hybridized carbons (Fsp3) is 0.643. The maximum absolute atomic E-state index is 5.05. The molecule has 1 aliphatic rings. The molecule has 0 atom stereocenters. The van der Waals surface area contributed by atoms with Gasteiger partial charge in [0.05, 0.1) is 13.2 Å². The molecule has 1 N–H and O–H groups in total. The number of piperazine rings is 1. The molecule has 2 heterocycles. The van der Waals surface area contributed by atoms with Gasteiger partial charge in [0, 0.05) is 52.2 Å². The average Bonchev–Trinajstić information content (AvgIpc) is 2.55. The van der Waals surface area contributed by atoms with Crippen LogP contribution in [-0.2, 0) is 4.74 Å². The summed E-state index contributed by atoms with van der Waals surface area (Å²) >= 11 is 0. The number of halogens is 1. The number of anilines is 1. The molecule has 22 heavy (non-hydrogen) atoms. The summed E-state index contributed by atoms with van der Waals surface area (Å²) in [6.07, 6.45) is 3.57. The summed E-state index contributed by atoms with van der Waals surface area (Å²) in [6.45, 7) is 7.91. The second-order valence-electron chi connectivity index (χ2n) is 4.75. The molecular formula is C14H25IN6O. The number of ether oxygens (including phenoxy) is 1. The lowest BCUT2D eigenvalue weighted by atomic mass is 10.3. The second kappa shape index (κ2) is 10.5. The van der Waals surface area contributed by atoms with Crippen LogP contribution in [0.2, 0.25) is 0 Å². The van der Waals surface area contributed by atoms with Crippen LogP contribution in [-0.4, -0.2) is 73.8 Å². The predicted molar refractivity (Wildman–Crippen MR) is 99.1 cm³/mol. The van der Waals surface area contributed by atoms with Gasteiger partial charge in [-0.05, 0) is 13.0 Å². The summed E-state index contributed by atoms with van der Waals surface area (Å²) in [5.74, 6) is 1.77. The van der Waals surface area contributed by atoms with E-state index in [0.717, 1.165) is 44.6 Å². The normalized spacial score (nSPS) is 15.5. The minimum absolute atomic E-state index is 0. The summed E-state index contributed by atoms with van der Waals surface area (Å²) in [7, 11) is 1.70. The minimum Gasteiger partial charge on any atom is -0.383 e. The van der Waals surface area contributed by atoms with Crippen LogP contribution in [0.1, 0.15) is 6.92 Å². The lowest BCUT2D eigenvalue weighted by Crippen LogP contribution is -2.53. The first-order valence-electron chi connectivity index (χ1n) is 7.39. The molecule has 1 saturated heterocycles. The van der Waals surface area contributed by atoms with Gasteiger partial charge in [-0.3, -0.25) is 4.99 Å². The molecule has 1 aromatic rings. The Morgan fingerprint density at radius 2 is 1.95 bits per heavy atom. The van der Waals surface area contributed by atoms with E-state index in [1.165, 1.54) is 0 Å². The summed E-state index contributed by atoms with van der Waals surface area (Å²) in [4.78, 5) is 17.7. The Kier molecular flexibility index (Phi) is 9.05. The van der Waals surface area contributed by atoms with E-state index in [0.29, 0.717) is 13.2 Å². The predicted octanol–water partition coefficient (Wildman–Crippen LogP) is 0.828. The van der Waals surface area contributed by atoms with Gasteiger partial charge in [0.25, 0.3) is 0 Å². The molecule has 0 saturated carbocycles. The van der Waals surface area contributed by atoms with Crippen LogP contribution in [0.15, 0.2) is 23.5 Å². The van der Waals surface area contributed by atoms with Crippen LogP contribution in [0.5, 0.6) is 0 Å². The Morgan fingerprint density at radius 3 is 2.55 bits per heavy atom. The van der Waals surface area contributed by atoms with Gasteiger partial charge in [0.2, 0.25) is 5.95 Å². The molecule has 2 rings (SSSR count). The van der Waals surface area contributed by atoms with Crippen LogP contribution >= 0.6 is 24.0 Å². The molecule has 7 nitrogen and oxygen atoms in total. The first-order valence-corrected chi connectivity index (χ1v) is 7.39. The Hall–Kier alpha value is -1.16. The molecule has 0 radical (unpaired) electrons. The van der Waals surface area contributed by atoms with Crippen molar-refractivity contribution in [3.05, 3.63) is 18.5 Å². The van der Waals surface area contributed by atoms with E-state index in [-0.39, 0.29) is 24.0 Å². The van der Waals surface area contributed by atoms with Crippen molar-refractivity contribution in [2.75, 3.05) is 57.9 Å². The van der Waals surface area contributed by atoms with Crippen LogP contribution in [0.25, 0.3) is 0 Å². The Bertz CT molecular complexity index is 436. The van der Waals surface area contributed by atoms with E-state index in [9.17, 15) is 0 Å². The topological polar surface area (TPSA) is 65.9 Å². The van der Waals surface area contributed by atoms with E-state index < -0.39 is 0 Å². The standard InChI is InChI=1S/C14H24N6O.HI/c1-3-15-13(18-7-12-21-2)19-8-10-20(11-9-19)14-16-5-4-6-17-14;/h4-6H,3,7-12H2,1-2H3,(H,15,18);1H. The number of hydrogen-bond acceptors (Lipinski definition) is 5. The van der Waals surface area contributed by atoms with Crippen molar-refractivity contribution >= 4 is 35.9 Å². The van der Waals surface area contributed by atoms with Crippen molar-refractivity contribution in [2.24, 2.45) is 4.99 Å². The number of guanidine groups is 1. The van der Waals surface area contributed by atoms with E-state index in [4.69, 9.17) is 4.74 Å². The highest BCUT2D eigenvalue weighted by atomic mass is 127. The fourth-order valence-electron chi connectivity index (χ4n) is 2.24. The molecular weight excluding hydrogens is 395 g/mol. The van der Waals surface area contributed by atoms with Gasteiger partial charge in [-0.2, -0.15) is 0 Å². The summed E-state index contributed by atoms with van der Waals surface area (Å²) in [5.41, 5.74) is 0. The third-order valence-corrected chi connectivity index (χ3v) is 3.31. The highest BCUT2D eigenvalue weighted by molar-refractivity contribution is 14.0. The number of hydrogen-bond donors (Lipinski definition) is 1. The average molecular weight is 420 g/mol. The molecule has 1 aliphatic heterocycles. The van der Waals surface area contributed by atoms with Gasteiger partial charge in [-0.25, -0.2) is 9.97 Å². The summed E-state index contributed by atoms with van der Waals surface area (Å²) in [6, 6.07) is 1.84. The number of methoxy groups -OCH3 is 1. The van der Waals surface area contributed by atoms with Crippen molar-refractivity contribution < 1.29 is 4.74 Å². The van der Waals surface area contributed by atoms with E-state index >= 15 is 0 Å². The van der Waals surface area contributed by atoms with Crippen LogP contribution in [0, 0.1) is 0 Å². The molecule has 1 fully saturated rings. The molecule has 0 unspecified atom stereocenters. The lowest BCUT2D eigenvalue weighted by molar-refractivity contribution is 0.207. The van der Waals surface area contributed by atoms with Crippen LogP contribution in [0.3, 0.4) is 0 Å². The molecule has 0 aromatic carbocycles. The zero-order chi connectivity index (χ0) is 14.9. The van der Waals surface area contributed by atoms with Crippen molar-refractivity contribution in [3.8, 4) is 0 Å². The molecule has 124 valence electrons. The van der Waals surface area contributed by atoms with Crippen molar-refractivity contribution in [2.45, 2.75) is 6.92 Å².